The average molecular weight is 466 g/mol. The summed E-state index contributed by atoms with van der Waals surface area (Å²) in [5, 5.41) is 27.8. The predicted octanol–water partition coefficient (Wildman–Crippen LogP) is 8.69. The first-order valence-electron chi connectivity index (χ1n) is 10.1. The van der Waals surface area contributed by atoms with Crippen LogP contribution in [0.5, 0.6) is 5.75 Å². The Kier molecular flexibility index (Phi) is 7.18. The van der Waals surface area contributed by atoms with Crippen LogP contribution in [-0.4, -0.2) is 12.0 Å². The Morgan fingerprint density at radius 1 is 0.879 bits per heavy atom. The summed E-state index contributed by atoms with van der Waals surface area (Å²) in [5.41, 5.74) is 4.28. The number of methoxy groups -OCH3 is 1. The number of nitrogens with zero attached hydrogens (tertiary/aromatic N) is 5. The van der Waals surface area contributed by atoms with E-state index in [0.29, 0.717) is 17.1 Å². The second-order valence-electron chi connectivity index (χ2n) is 8.40. The molecule has 0 bridgehead atoms. The number of benzene rings is 3. The minimum atomic E-state index is -0.517. The van der Waals surface area contributed by atoms with Gasteiger partial charge >= 0.3 is 0 Å². The third-order valence-corrected chi connectivity index (χ3v) is 5.17. The van der Waals surface area contributed by atoms with E-state index in [1.807, 2.05) is 13.0 Å². The Balaban J connectivity index is 1.76. The highest BCUT2D eigenvalue weighted by atomic mass is 35.5. The van der Waals surface area contributed by atoms with Crippen LogP contribution in [0.4, 0.5) is 28.4 Å². The Labute approximate surface area is 197 Å². The lowest BCUT2D eigenvalue weighted by molar-refractivity contribution is -0.384. The number of hydrogen-bond donors (Lipinski definition) is 0. The Morgan fingerprint density at radius 2 is 1.45 bits per heavy atom. The minimum absolute atomic E-state index is 0.0468. The van der Waals surface area contributed by atoms with Crippen molar-refractivity contribution >= 4 is 40.0 Å². The Hall–Kier alpha value is -3.65. The van der Waals surface area contributed by atoms with Gasteiger partial charge < -0.3 is 4.74 Å². The van der Waals surface area contributed by atoms with Crippen molar-refractivity contribution in [2.75, 3.05) is 7.11 Å². The number of azo groups is 2. The fraction of sp³-hybridized carbons (Fsp3) is 0.250. The number of hydrogen-bond acceptors (Lipinski definition) is 7. The molecular weight excluding hydrogens is 442 g/mol. The molecule has 9 heteroatoms. The largest absolute Gasteiger partial charge is 0.496 e. The second-order valence-corrected chi connectivity index (χ2v) is 8.81. The van der Waals surface area contributed by atoms with Gasteiger partial charge in [0.25, 0.3) is 5.69 Å². The van der Waals surface area contributed by atoms with Gasteiger partial charge in [-0.25, -0.2) is 0 Å². The van der Waals surface area contributed by atoms with Crippen LogP contribution < -0.4 is 4.74 Å². The first-order valence-corrected chi connectivity index (χ1v) is 10.5. The molecule has 0 amide bonds. The topological polar surface area (TPSA) is 102 Å². The van der Waals surface area contributed by atoms with E-state index >= 15 is 0 Å². The molecule has 0 N–H and O–H groups in total. The Morgan fingerprint density at radius 3 is 1.94 bits per heavy atom. The highest BCUT2D eigenvalue weighted by molar-refractivity contribution is 6.33. The zero-order valence-corrected chi connectivity index (χ0v) is 19.8. The van der Waals surface area contributed by atoms with Gasteiger partial charge in [0.05, 0.1) is 34.1 Å². The molecule has 33 heavy (non-hydrogen) atoms. The number of non-ortho nitro benzene ring substituents is 1. The molecule has 3 rings (SSSR count). The number of aryl methyl sites for hydroxylation is 1. The number of nitro groups is 1. The van der Waals surface area contributed by atoms with Gasteiger partial charge in [-0.05, 0) is 59.9 Å². The summed E-state index contributed by atoms with van der Waals surface area (Å²) >= 11 is 6.04. The van der Waals surface area contributed by atoms with Gasteiger partial charge in [-0.3, -0.25) is 10.1 Å². The molecule has 0 spiro atoms. The molecule has 0 atom stereocenters. The highest BCUT2D eigenvalue weighted by Gasteiger charge is 2.20. The fourth-order valence-electron chi connectivity index (χ4n) is 3.04. The Bertz CT molecular complexity index is 1230. The van der Waals surface area contributed by atoms with Gasteiger partial charge in [-0.1, -0.05) is 32.4 Å². The molecular formula is C24H24ClN5O3. The van der Waals surface area contributed by atoms with Crippen LogP contribution in [0.3, 0.4) is 0 Å². The van der Waals surface area contributed by atoms with Crippen molar-refractivity contribution in [3.63, 3.8) is 0 Å². The first kappa shape index (κ1) is 24.0. The molecule has 0 aliphatic rings. The maximum atomic E-state index is 10.8. The molecule has 170 valence electrons. The normalized spacial score (nSPS) is 11.9. The van der Waals surface area contributed by atoms with Gasteiger partial charge in [0, 0.05) is 18.2 Å². The number of halogens is 1. The predicted molar refractivity (Wildman–Crippen MR) is 129 cm³/mol. The van der Waals surface area contributed by atoms with Crippen molar-refractivity contribution in [2.45, 2.75) is 33.1 Å². The van der Waals surface area contributed by atoms with Gasteiger partial charge in [0.2, 0.25) is 0 Å². The second kappa shape index (κ2) is 9.87. The maximum absolute atomic E-state index is 10.8. The SMILES string of the molecule is COc1cc(N=Nc2ccc(N=Nc3ccc([N+](=O)[O-])cc3Cl)cc2)c(C)cc1C(C)(C)C. The van der Waals surface area contributed by atoms with Crippen molar-refractivity contribution in [3.8, 4) is 5.75 Å². The molecule has 8 nitrogen and oxygen atoms in total. The van der Waals surface area contributed by atoms with Crippen molar-refractivity contribution in [2.24, 2.45) is 20.5 Å². The summed E-state index contributed by atoms with van der Waals surface area (Å²) in [5.74, 6) is 0.780. The average Bonchev–Trinajstić information content (AvgIpc) is 2.77. The third-order valence-electron chi connectivity index (χ3n) is 4.86. The smallest absolute Gasteiger partial charge is 0.271 e. The lowest BCUT2D eigenvalue weighted by Gasteiger charge is -2.23. The van der Waals surface area contributed by atoms with E-state index in [4.69, 9.17) is 16.3 Å². The van der Waals surface area contributed by atoms with E-state index in [0.717, 1.165) is 22.6 Å². The van der Waals surface area contributed by atoms with Crippen LogP contribution in [-0.2, 0) is 5.41 Å². The van der Waals surface area contributed by atoms with Gasteiger partial charge in [0.15, 0.2) is 0 Å². The summed E-state index contributed by atoms with van der Waals surface area (Å²) < 4.78 is 5.56. The molecule has 0 saturated carbocycles. The van der Waals surface area contributed by atoms with E-state index in [2.05, 4.69) is 47.3 Å². The highest BCUT2D eigenvalue weighted by Crippen LogP contribution is 2.37. The lowest BCUT2D eigenvalue weighted by atomic mass is 9.85. The van der Waals surface area contributed by atoms with Crippen molar-refractivity contribution < 1.29 is 9.66 Å². The quantitative estimate of drug-likeness (QED) is 0.206. The molecule has 0 aromatic heterocycles. The third kappa shape index (κ3) is 5.98. The molecule has 0 unspecified atom stereocenters. The van der Waals surface area contributed by atoms with E-state index in [-0.39, 0.29) is 16.1 Å². The molecule has 0 radical (unpaired) electrons. The maximum Gasteiger partial charge on any atom is 0.271 e. The van der Waals surface area contributed by atoms with Crippen LogP contribution in [0.2, 0.25) is 5.02 Å². The van der Waals surface area contributed by atoms with Crippen LogP contribution >= 0.6 is 11.6 Å². The molecule has 0 aliphatic heterocycles. The van der Waals surface area contributed by atoms with Crippen LogP contribution in [0.1, 0.15) is 31.9 Å². The summed E-state index contributed by atoms with van der Waals surface area (Å²) in [4.78, 5) is 10.3. The minimum Gasteiger partial charge on any atom is -0.496 e. The van der Waals surface area contributed by atoms with E-state index in [9.17, 15) is 10.1 Å². The fourth-order valence-corrected chi connectivity index (χ4v) is 3.25. The molecule has 3 aromatic carbocycles. The van der Waals surface area contributed by atoms with Crippen molar-refractivity contribution in [1.29, 1.82) is 0 Å². The van der Waals surface area contributed by atoms with E-state index in [1.54, 1.807) is 31.4 Å². The zero-order valence-electron chi connectivity index (χ0n) is 19.0. The van der Waals surface area contributed by atoms with E-state index in [1.165, 1.54) is 18.2 Å². The van der Waals surface area contributed by atoms with Crippen LogP contribution in [0.15, 0.2) is 75.1 Å². The molecule has 0 heterocycles. The zero-order chi connectivity index (χ0) is 24.2. The van der Waals surface area contributed by atoms with Crippen molar-refractivity contribution in [3.05, 3.63) is 80.9 Å². The summed E-state index contributed by atoms with van der Waals surface area (Å²) in [7, 11) is 1.65. The number of ether oxygens (including phenoxy) is 1. The van der Waals surface area contributed by atoms with Crippen molar-refractivity contribution in [1.82, 2.24) is 0 Å². The summed E-state index contributed by atoms with van der Waals surface area (Å²) in [6, 6.07) is 15.0. The summed E-state index contributed by atoms with van der Waals surface area (Å²) in [6.45, 7) is 8.41. The molecule has 0 aliphatic carbocycles. The standard InChI is InChI=1S/C24H24ClN5O3/c1-15-12-19(24(2,3)4)23(33-5)14-22(15)29-27-17-8-6-16(7-9-17)26-28-21-11-10-18(30(31)32)13-20(21)25/h6-14H,1-5H3. The van der Waals surface area contributed by atoms with Crippen LogP contribution in [0.25, 0.3) is 0 Å². The number of nitro benzene ring substituents is 1. The lowest BCUT2D eigenvalue weighted by Crippen LogP contribution is -2.13. The summed E-state index contributed by atoms with van der Waals surface area (Å²) in [6.07, 6.45) is 0. The molecule has 3 aromatic rings. The molecule has 0 saturated heterocycles. The monoisotopic (exact) mass is 465 g/mol. The van der Waals surface area contributed by atoms with Crippen LogP contribution in [0, 0.1) is 17.0 Å². The first-order chi connectivity index (χ1) is 15.6. The van der Waals surface area contributed by atoms with Gasteiger partial charge in [0.1, 0.15) is 11.4 Å². The van der Waals surface area contributed by atoms with Gasteiger partial charge in [-0.15, -0.1) is 5.11 Å². The van der Waals surface area contributed by atoms with Gasteiger partial charge in [-0.2, -0.15) is 15.3 Å². The number of rotatable bonds is 6. The molecule has 0 fully saturated rings. The van der Waals surface area contributed by atoms with E-state index < -0.39 is 4.92 Å².